The zero-order chi connectivity index (χ0) is 16.1. The van der Waals surface area contributed by atoms with Crippen molar-refractivity contribution in [1.29, 1.82) is 0 Å². The van der Waals surface area contributed by atoms with E-state index in [0.717, 1.165) is 18.7 Å². The van der Waals surface area contributed by atoms with Crippen LogP contribution < -0.4 is 15.5 Å². The summed E-state index contributed by atoms with van der Waals surface area (Å²) < 4.78 is 0. The molecule has 1 aromatic carbocycles. The molecule has 1 fully saturated rings. The minimum Gasteiger partial charge on any atom is -0.481 e. The van der Waals surface area contributed by atoms with Crippen LogP contribution in [0.2, 0.25) is 10.0 Å². The molecule has 3 N–H and O–H groups in total. The molecule has 0 bridgehead atoms. The molecule has 1 unspecified atom stereocenters. The number of hydrogen-bond acceptors (Lipinski definition) is 3. The normalized spacial score (nSPS) is 17.4. The summed E-state index contributed by atoms with van der Waals surface area (Å²) in [6.45, 7) is 1.59. The van der Waals surface area contributed by atoms with E-state index in [0.29, 0.717) is 16.6 Å². The molecule has 6 nitrogen and oxygen atoms in total. The third kappa shape index (κ3) is 4.68. The minimum atomic E-state index is -0.938. The van der Waals surface area contributed by atoms with E-state index < -0.39 is 5.97 Å². The molecule has 0 aromatic heterocycles. The van der Waals surface area contributed by atoms with E-state index in [1.54, 1.807) is 12.1 Å². The van der Waals surface area contributed by atoms with Gasteiger partial charge in [-0.25, -0.2) is 4.79 Å². The van der Waals surface area contributed by atoms with Crippen LogP contribution in [0.4, 0.5) is 10.5 Å². The molecule has 120 valence electrons. The molecule has 8 heteroatoms. The number of carboxylic acids is 1. The minimum absolute atomic E-state index is 0.0132. The number of aliphatic carboxylic acids is 1. The average Bonchev–Trinajstić information content (AvgIpc) is 2.90. The summed E-state index contributed by atoms with van der Waals surface area (Å²) in [5.74, 6) is -0.938. The first kappa shape index (κ1) is 16.7. The van der Waals surface area contributed by atoms with Crippen molar-refractivity contribution in [1.82, 2.24) is 10.6 Å². The number of benzene rings is 1. The number of carboxylic acid groups (broad SMARTS) is 1. The average molecular weight is 346 g/mol. The summed E-state index contributed by atoms with van der Waals surface area (Å²) in [6, 6.07) is 5.11. The van der Waals surface area contributed by atoms with Gasteiger partial charge in [0.15, 0.2) is 0 Å². The van der Waals surface area contributed by atoms with Crippen LogP contribution in [0, 0.1) is 0 Å². The lowest BCUT2D eigenvalue weighted by Gasteiger charge is -2.19. The maximum Gasteiger partial charge on any atom is 0.315 e. The van der Waals surface area contributed by atoms with Crippen molar-refractivity contribution >= 4 is 40.9 Å². The van der Waals surface area contributed by atoms with Crippen LogP contribution in [0.5, 0.6) is 0 Å². The van der Waals surface area contributed by atoms with Crippen molar-refractivity contribution in [3.8, 4) is 0 Å². The van der Waals surface area contributed by atoms with Crippen molar-refractivity contribution in [3.63, 3.8) is 0 Å². The highest BCUT2D eigenvalue weighted by atomic mass is 35.5. The first-order chi connectivity index (χ1) is 10.5. The molecular weight excluding hydrogens is 329 g/mol. The summed E-state index contributed by atoms with van der Waals surface area (Å²) in [4.78, 5) is 24.1. The number of anilines is 1. The molecule has 0 saturated carbocycles. The number of amides is 2. The van der Waals surface area contributed by atoms with Crippen LogP contribution in [0.25, 0.3) is 0 Å². The van der Waals surface area contributed by atoms with Crippen LogP contribution in [-0.4, -0.2) is 42.8 Å². The number of nitrogens with one attached hydrogen (secondary N) is 2. The Labute approximate surface area is 138 Å². The summed E-state index contributed by atoms with van der Waals surface area (Å²) >= 11 is 11.9. The highest BCUT2D eigenvalue weighted by Crippen LogP contribution is 2.29. The maximum atomic E-state index is 11.7. The van der Waals surface area contributed by atoms with E-state index in [2.05, 4.69) is 15.5 Å². The molecule has 1 aliphatic heterocycles. The topological polar surface area (TPSA) is 81.7 Å². The summed E-state index contributed by atoms with van der Waals surface area (Å²) in [5, 5.41) is 14.9. The van der Waals surface area contributed by atoms with E-state index in [1.165, 1.54) is 0 Å². The third-order valence-electron chi connectivity index (χ3n) is 3.42. The van der Waals surface area contributed by atoms with Crippen molar-refractivity contribution in [2.75, 3.05) is 24.5 Å². The number of carbonyl (C=O) groups excluding carboxylic acids is 1. The van der Waals surface area contributed by atoms with E-state index in [1.807, 2.05) is 6.07 Å². The van der Waals surface area contributed by atoms with Gasteiger partial charge in [0, 0.05) is 31.4 Å². The molecule has 2 rings (SSSR count). The molecule has 22 heavy (non-hydrogen) atoms. The maximum absolute atomic E-state index is 11.7. The quantitative estimate of drug-likeness (QED) is 0.764. The summed E-state index contributed by atoms with van der Waals surface area (Å²) in [7, 11) is 0. The predicted molar refractivity (Wildman–Crippen MR) is 85.9 cm³/mol. The largest absolute Gasteiger partial charge is 0.481 e. The number of nitrogens with zero attached hydrogens (tertiary/aromatic N) is 1. The second kappa shape index (κ2) is 7.56. The van der Waals surface area contributed by atoms with Gasteiger partial charge in [0.1, 0.15) is 0 Å². The molecular formula is C14H17Cl2N3O3. The monoisotopic (exact) mass is 345 g/mol. The second-order valence-corrected chi connectivity index (χ2v) is 5.89. The van der Waals surface area contributed by atoms with Crippen molar-refractivity contribution < 1.29 is 14.7 Å². The lowest BCUT2D eigenvalue weighted by atomic mass is 10.3. The molecule has 0 spiro atoms. The van der Waals surface area contributed by atoms with Crippen molar-refractivity contribution in [3.05, 3.63) is 28.2 Å². The fourth-order valence-electron chi connectivity index (χ4n) is 2.31. The van der Waals surface area contributed by atoms with Gasteiger partial charge in [-0.2, -0.15) is 0 Å². The Morgan fingerprint density at radius 3 is 2.77 bits per heavy atom. The van der Waals surface area contributed by atoms with Gasteiger partial charge in [0.05, 0.1) is 16.5 Å². The highest BCUT2D eigenvalue weighted by molar-refractivity contribution is 6.42. The molecule has 2 amide bonds. The zero-order valence-corrected chi connectivity index (χ0v) is 13.3. The van der Waals surface area contributed by atoms with Crippen molar-refractivity contribution in [2.24, 2.45) is 0 Å². The summed E-state index contributed by atoms with van der Waals surface area (Å²) in [6.07, 6.45) is 0.722. The molecule has 1 aromatic rings. The predicted octanol–water partition coefficient (Wildman–Crippen LogP) is 2.35. The number of carbonyl (C=O) groups is 2. The molecule has 0 radical (unpaired) electrons. The van der Waals surface area contributed by atoms with E-state index in [4.69, 9.17) is 28.3 Å². The Balaban J connectivity index is 1.81. The Kier molecular flexibility index (Phi) is 5.74. The molecule has 1 saturated heterocycles. The zero-order valence-electron chi connectivity index (χ0n) is 11.8. The van der Waals surface area contributed by atoms with Gasteiger partial charge in [-0.3, -0.25) is 4.79 Å². The summed E-state index contributed by atoms with van der Waals surface area (Å²) in [5.41, 5.74) is 0.963. The standard InChI is InChI=1S/C14H17Cl2N3O3/c15-11-2-1-10(7-12(11)16)19-6-4-9(8-19)18-14(22)17-5-3-13(20)21/h1-2,7,9H,3-6,8H2,(H,20,21)(H2,17,18,22). The van der Waals surface area contributed by atoms with Crippen LogP contribution in [0.1, 0.15) is 12.8 Å². The number of halogens is 2. The van der Waals surface area contributed by atoms with Crippen molar-refractivity contribution in [2.45, 2.75) is 18.9 Å². The van der Waals surface area contributed by atoms with Gasteiger partial charge < -0.3 is 20.6 Å². The van der Waals surface area contributed by atoms with Crippen LogP contribution in [0.15, 0.2) is 18.2 Å². The molecule has 1 atom stereocenters. The Hall–Kier alpha value is -1.66. The Morgan fingerprint density at radius 2 is 2.09 bits per heavy atom. The van der Waals surface area contributed by atoms with E-state index in [9.17, 15) is 9.59 Å². The first-order valence-corrected chi connectivity index (χ1v) is 7.67. The van der Waals surface area contributed by atoms with Gasteiger partial charge in [0.2, 0.25) is 0 Å². The van der Waals surface area contributed by atoms with Gasteiger partial charge >= 0.3 is 12.0 Å². The highest BCUT2D eigenvalue weighted by Gasteiger charge is 2.24. The fraction of sp³-hybridized carbons (Fsp3) is 0.429. The van der Waals surface area contributed by atoms with Gasteiger partial charge in [0.25, 0.3) is 0 Å². The molecule has 1 heterocycles. The third-order valence-corrected chi connectivity index (χ3v) is 4.16. The van der Waals surface area contributed by atoms with Gasteiger partial charge in [-0.05, 0) is 24.6 Å². The molecule has 1 aliphatic rings. The van der Waals surface area contributed by atoms with Crippen LogP contribution in [-0.2, 0) is 4.79 Å². The van der Waals surface area contributed by atoms with Gasteiger partial charge in [-0.15, -0.1) is 0 Å². The first-order valence-electron chi connectivity index (χ1n) is 6.92. The van der Waals surface area contributed by atoms with Gasteiger partial charge in [-0.1, -0.05) is 23.2 Å². The Bertz CT molecular complexity index is 568. The van der Waals surface area contributed by atoms with Crippen LogP contribution in [0.3, 0.4) is 0 Å². The second-order valence-electron chi connectivity index (χ2n) is 5.07. The SMILES string of the molecule is O=C(O)CCNC(=O)NC1CCN(c2ccc(Cl)c(Cl)c2)C1. The van der Waals surface area contributed by atoms with E-state index in [-0.39, 0.29) is 25.0 Å². The molecule has 0 aliphatic carbocycles. The number of rotatable bonds is 5. The number of hydrogen-bond donors (Lipinski definition) is 3. The lowest BCUT2D eigenvalue weighted by Crippen LogP contribution is -2.43. The fourth-order valence-corrected chi connectivity index (χ4v) is 2.61. The number of urea groups is 1. The Morgan fingerprint density at radius 1 is 1.32 bits per heavy atom. The lowest BCUT2D eigenvalue weighted by molar-refractivity contribution is -0.136. The van der Waals surface area contributed by atoms with Crippen LogP contribution >= 0.6 is 23.2 Å². The smallest absolute Gasteiger partial charge is 0.315 e. The van der Waals surface area contributed by atoms with E-state index >= 15 is 0 Å².